The highest BCUT2D eigenvalue weighted by molar-refractivity contribution is 6.04. The predicted molar refractivity (Wildman–Crippen MR) is 137 cm³/mol. The molecule has 11 nitrogen and oxygen atoms in total. The summed E-state index contributed by atoms with van der Waals surface area (Å²) in [7, 11) is 0. The molecular weight excluding hydrogens is 476 g/mol. The summed E-state index contributed by atoms with van der Waals surface area (Å²) in [4.78, 5) is 47.8. The molecule has 1 saturated heterocycles. The number of pyridine rings is 1. The van der Waals surface area contributed by atoms with Crippen LogP contribution in [-0.4, -0.2) is 54.8 Å². The molecule has 4 rings (SSSR count). The van der Waals surface area contributed by atoms with Crippen LogP contribution in [0.5, 0.6) is 0 Å². The molecule has 2 aromatic heterocycles. The molecule has 0 aliphatic carbocycles. The van der Waals surface area contributed by atoms with Crippen LogP contribution in [0.2, 0.25) is 0 Å². The van der Waals surface area contributed by atoms with E-state index in [0.717, 1.165) is 10.2 Å². The van der Waals surface area contributed by atoms with Crippen molar-refractivity contribution in [1.29, 1.82) is 0 Å². The van der Waals surface area contributed by atoms with Crippen molar-refractivity contribution in [3.05, 3.63) is 65.2 Å². The first kappa shape index (κ1) is 25.7. The molecule has 1 aliphatic heterocycles. The van der Waals surface area contributed by atoms with E-state index >= 15 is 0 Å². The van der Waals surface area contributed by atoms with Gasteiger partial charge in [0.15, 0.2) is 11.5 Å². The molecule has 0 radical (unpaired) electrons. The number of ether oxygens (including phenoxy) is 1. The number of carbonyl (C=O) groups is 3. The van der Waals surface area contributed by atoms with E-state index in [2.05, 4.69) is 15.3 Å². The summed E-state index contributed by atoms with van der Waals surface area (Å²) in [6.45, 7) is 7.69. The molecule has 37 heavy (non-hydrogen) atoms. The van der Waals surface area contributed by atoms with Crippen LogP contribution in [-0.2, 0) is 4.74 Å². The maximum Gasteiger partial charge on any atom is 0.410 e. The molecule has 11 heteroatoms. The summed E-state index contributed by atoms with van der Waals surface area (Å²) in [6, 6.07) is 9.38. The summed E-state index contributed by atoms with van der Waals surface area (Å²) in [5.74, 6) is 5.27. The van der Waals surface area contributed by atoms with Crippen molar-refractivity contribution in [1.82, 2.24) is 19.5 Å². The first-order valence-electron chi connectivity index (χ1n) is 11.9. The van der Waals surface area contributed by atoms with Gasteiger partial charge in [0.1, 0.15) is 17.1 Å². The molecule has 1 aromatic carbocycles. The lowest BCUT2D eigenvalue weighted by Gasteiger charge is -2.28. The summed E-state index contributed by atoms with van der Waals surface area (Å²) in [5, 5.41) is 12.6. The van der Waals surface area contributed by atoms with Crippen molar-refractivity contribution in [2.75, 3.05) is 17.7 Å². The highest BCUT2D eigenvalue weighted by Crippen LogP contribution is 2.35. The number of nitrogens with one attached hydrogen (secondary N) is 1. The van der Waals surface area contributed by atoms with Crippen LogP contribution in [0.1, 0.15) is 71.9 Å². The van der Waals surface area contributed by atoms with Gasteiger partial charge in [0.25, 0.3) is 5.91 Å². The quantitative estimate of drug-likeness (QED) is 0.439. The van der Waals surface area contributed by atoms with Gasteiger partial charge in [0, 0.05) is 23.9 Å². The van der Waals surface area contributed by atoms with Gasteiger partial charge in [-0.2, -0.15) is 0 Å². The number of imidazole rings is 1. The van der Waals surface area contributed by atoms with Crippen LogP contribution in [0.15, 0.2) is 42.6 Å². The zero-order valence-electron chi connectivity index (χ0n) is 21.2. The van der Waals surface area contributed by atoms with Gasteiger partial charge < -0.3 is 21.0 Å². The van der Waals surface area contributed by atoms with Crippen molar-refractivity contribution < 1.29 is 24.2 Å². The molecule has 0 bridgehead atoms. The van der Waals surface area contributed by atoms with Gasteiger partial charge in [0.05, 0.1) is 6.04 Å². The number of aromatic nitrogens is 3. The number of anilines is 1. The van der Waals surface area contributed by atoms with E-state index in [1.807, 2.05) is 13.0 Å². The molecule has 1 aliphatic rings. The van der Waals surface area contributed by atoms with Crippen molar-refractivity contribution in [2.24, 2.45) is 0 Å². The number of hydrogen-bond acceptors (Lipinski definition) is 7. The normalized spacial score (nSPS) is 15.5. The lowest BCUT2D eigenvalue weighted by Crippen LogP contribution is -2.37. The standard InChI is InChI=1S/C26H30N6O5/c1-15-7-12-19(28-14-15)29-23(33)17-10-8-16(9-11-17)20-21(24(34)35)32(27)22(30-20)18-6-5-13-31(18)25(36)37-26(2,3)4/h7-12,14,18H,5-6,13,27H2,1-4H3,(H,34,35)(H,28,29,33). The monoisotopic (exact) mass is 506 g/mol. The molecule has 1 atom stereocenters. The zero-order valence-corrected chi connectivity index (χ0v) is 21.2. The van der Waals surface area contributed by atoms with Crippen molar-refractivity contribution in [3.8, 4) is 11.3 Å². The number of amides is 2. The summed E-state index contributed by atoms with van der Waals surface area (Å²) >= 11 is 0. The van der Waals surface area contributed by atoms with Crippen molar-refractivity contribution in [3.63, 3.8) is 0 Å². The van der Waals surface area contributed by atoms with Crippen LogP contribution >= 0.6 is 0 Å². The summed E-state index contributed by atoms with van der Waals surface area (Å²) < 4.78 is 6.54. The molecule has 1 unspecified atom stereocenters. The van der Waals surface area contributed by atoms with E-state index in [4.69, 9.17) is 10.6 Å². The second kappa shape index (κ2) is 9.92. The number of nitrogen functional groups attached to an aromatic ring is 1. The highest BCUT2D eigenvalue weighted by Gasteiger charge is 2.37. The Kier molecular flexibility index (Phi) is 6.88. The average Bonchev–Trinajstić information content (AvgIpc) is 3.44. The molecular formula is C26H30N6O5. The lowest BCUT2D eigenvalue weighted by molar-refractivity contribution is 0.0217. The molecule has 4 N–H and O–H groups in total. The second-order valence-electron chi connectivity index (χ2n) is 9.93. The fourth-order valence-corrected chi connectivity index (χ4v) is 4.17. The predicted octanol–water partition coefficient (Wildman–Crippen LogP) is 3.99. The minimum atomic E-state index is -1.26. The maximum atomic E-state index is 12.8. The molecule has 0 spiro atoms. The lowest BCUT2D eigenvalue weighted by atomic mass is 10.1. The number of benzene rings is 1. The molecule has 2 amide bonds. The Morgan fingerprint density at radius 2 is 1.84 bits per heavy atom. The van der Waals surface area contributed by atoms with Gasteiger partial charge in [0.2, 0.25) is 0 Å². The van der Waals surface area contributed by atoms with E-state index in [9.17, 15) is 19.5 Å². The number of carbonyl (C=O) groups excluding carboxylic acids is 2. The van der Waals surface area contributed by atoms with Crippen LogP contribution in [0.25, 0.3) is 11.3 Å². The Labute approximate surface area is 214 Å². The summed E-state index contributed by atoms with van der Waals surface area (Å²) in [6.07, 6.45) is 2.42. The first-order chi connectivity index (χ1) is 17.4. The number of aryl methyl sites for hydroxylation is 1. The van der Waals surface area contributed by atoms with E-state index in [1.54, 1.807) is 57.3 Å². The van der Waals surface area contributed by atoms with Crippen LogP contribution < -0.4 is 11.2 Å². The molecule has 194 valence electrons. The smallest absolute Gasteiger partial charge is 0.410 e. The molecule has 0 saturated carbocycles. The number of aromatic carboxylic acids is 1. The van der Waals surface area contributed by atoms with Gasteiger partial charge >= 0.3 is 12.1 Å². The highest BCUT2D eigenvalue weighted by atomic mass is 16.6. The number of likely N-dealkylation sites (tertiary alicyclic amines) is 1. The van der Waals surface area contributed by atoms with Gasteiger partial charge in [-0.3, -0.25) is 9.69 Å². The third-order valence-corrected chi connectivity index (χ3v) is 5.89. The third-order valence-electron chi connectivity index (χ3n) is 5.89. The number of hydrogen-bond donors (Lipinski definition) is 3. The van der Waals surface area contributed by atoms with Crippen molar-refractivity contribution >= 4 is 23.8 Å². The minimum absolute atomic E-state index is 0.146. The van der Waals surface area contributed by atoms with Crippen LogP contribution in [0, 0.1) is 6.92 Å². The van der Waals surface area contributed by atoms with Gasteiger partial charge in [-0.05, 0) is 64.3 Å². The van der Waals surface area contributed by atoms with E-state index < -0.39 is 23.7 Å². The number of rotatable bonds is 5. The summed E-state index contributed by atoms with van der Waals surface area (Å²) in [5.41, 5.74) is 1.06. The Bertz CT molecular complexity index is 1330. The number of nitrogens with two attached hydrogens (primary N) is 1. The average molecular weight is 507 g/mol. The molecule has 3 aromatic rings. The molecule has 1 fully saturated rings. The largest absolute Gasteiger partial charge is 0.476 e. The molecule has 3 heterocycles. The van der Waals surface area contributed by atoms with Gasteiger partial charge in [-0.1, -0.05) is 18.2 Å². The van der Waals surface area contributed by atoms with E-state index in [-0.39, 0.29) is 23.1 Å². The Hall–Kier alpha value is -4.41. The third kappa shape index (κ3) is 5.55. The zero-order chi connectivity index (χ0) is 26.9. The Balaban J connectivity index is 1.61. The number of carboxylic acid groups (broad SMARTS) is 1. The SMILES string of the molecule is Cc1ccc(NC(=O)c2ccc(-c3nc(C4CCCN4C(=O)OC(C)(C)C)n(N)c3C(=O)O)cc2)nc1. The van der Waals surface area contributed by atoms with Crippen molar-refractivity contribution in [2.45, 2.75) is 52.2 Å². The second-order valence-corrected chi connectivity index (χ2v) is 9.93. The maximum absolute atomic E-state index is 12.8. The number of nitrogens with zero attached hydrogens (tertiary/aromatic N) is 4. The Morgan fingerprint density at radius 3 is 2.43 bits per heavy atom. The van der Waals surface area contributed by atoms with Gasteiger partial charge in [-0.15, -0.1) is 0 Å². The number of carboxylic acids is 1. The van der Waals surface area contributed by atoms with Crippen LogP contribution in [0.4, 0.5) is 10.6 Å². The van der Waals surface area contributed by atoms with Gasteiger partial charge in [-0.25, -0.2) is 24.2 Å². The van der Waals surface area contributed by atoms with Crippen LogP contribution in [0.3, 0.4) is 0 Å². The first-order valence-corrected chi connectivity index (χ1v) is 11.9. The van der Waals surface area contributed by atoms with E-state index in [0.29, 0.717) is 36.3 Å². The Morgan fingerprint density at radius 1 is 1.14 bits per heavy atom. The topological polar surface area (TPSA) is 153 Å². The fourth-order valence-electron chi connectivity index (χ4n) is 4.17. The van der Waals surface area contributed by atoms with E-state index in [1.165, 1.54) is 4.90 Å². The fraction of sp³-hybridized carbons (Fsp3) is 0.346. The minimum Gasteiger partial charge on any atom is -0.476 e.